The summed E-state index contributed by atoms with van der Waals surface area (Å²) in [5.74, 6) is 0.986. The van der Waals surface area contributed by atoms with Crippen molar-refractivity contribution < 1.29 is 23.0 Å². The van der Waals surface area contributed by atoms with Crippen LogP contribution in [-0.2, 0) is 10.0 Å². The molecule has 3 aromatic rings. The van der Waals surface area contributed by atoms with E-state index < -0.39 is 10.0 Å². The Kier molecular flexibility index (Phi) is 3.37. The number of nitrogens with one attached hydrogen (secondary N) is 1. The minimum atomic E-state index is -3.76. The standard InChI is InChI=1S/C15H12N4O5S/c16-25(21,22)9-3-1-8(2-4-9)18-19-14-10-5-12-13(24-7-23-12)6-11(10)17-15(14)20/h1-6,17,20H,7H2,(H2,16,21,22). The minimum absolute atomic E-state index is 0.0193. The number of rotatable bonds is 3. The van der Waals surface area contributed by atoms with E-state index in [-0.39, 0.29) is 23.3 Å². The van der Waals surface area contributed by atoms with Gasteiger partial charge in [0.25, 0.3) is 0 Å². The van der Waals surface area contributed by atoms with E-state index in [4.69, 9.17) is 14.6 Å². The van der Waals surface area contributed by atoms with Crippen molar-refractivity contribution in [3.63, 3.8) is 0 Å². The normalized spacial score (nSPS) is 13.8. The Morgan fingerprint density at radius 2 is 1.76 bits per heavy atom. The molecule has 10 heteroatoms. The third kappa shape index (κ3) is 2.77. The zero-order chi connectivity index (χ0) is 17.6. The molecule has 0 fully saturated rings. The van der Waals surface area contributed by atoms with Crippen molar-refractivity contribution in [1.82, 2.24) is 4.98 Å². The van der Waals surface area contributed by atoms with E-state index in [0.717, 1.165) is 0 Å². The summed E-state index contributed by atoms with van der Waals surface area (Å²) in [6.07, 6.45) is 0. The van der Waals surface area contributed by atoms with Gasteiger partial charge in [-0.2, -0.15) is 5.11 Å². The van der Waals surface area contributed by atoms with Gasteiger partial charge in [0.15, 0.2) is 17.2 Å². The van der Waals surface area contributed by atoms with Crippen molar-refractivity contribution in [3.8, 4) is 17.4 Å². The monoisotopic (exact) mass is 360 g/mol. The highest BCUT2D eigenvalue weighted by Gasteiger charge is 2.19. The molecule has 4 N–H and O–H groups in total. The van der Waals surface area contributed by atoms with Crippen molar-refractivity contribution in [2.45, 2.75) is 4.90 Å². The van der Waals surface area contributed by atoms with Crippen LogP contribution in [0.1, 0.15) is 0 Å². The third-order valence-electron chi connectivity index (χ3n) is 3.68. The molecular formula is C15H12N4O5S. The van der Waals surface area contributed by atoms with Gasteiger partial charge >= 0.3 is 0 Å². The second kappa shape index (κ2) is 5.46. The number of benzene rings is 2. The van der Waals surface area contributed by atoms with Crippen molar-refractivity contribution >= 4 is 32.3 Å². The lowest BCUT2D eigenvalue weighted by atomic mass is 10.2. The van der Waals surface area contributed by atoms with Gasteiger partial charge in [-0.05, 0) is 30.3 Å². The van der Waals surface area contributed by atoms with Crippen LogP contribution in [0.4, 0.5) is 11.4 Å². The minimum Gasteiger partial charge on any atom is -0.493 e. The molecule has 0 spiro atoms. The second-order valence-corrected chi connectivity index (χ2v) is 6.87. The Morgan fingerprint density at radius 1 is 1.08 bits per heavy atom. The predicted molar refractivity (Wildman–Crippen MR) is 88.1 cm³/mol. The number of primary sulfonamides is 1. The molecule has 0 unspecified atom stereocenters. The van der Waals surface area contributed by atoms with Gasteiger partial charge in [0.05, 0.1) is 16.1 Å². The number of aromatic amines is 1. The fourth-order valence-corrected chi connectivity index (χ4v) is 2.98. The van der Waals surface area contributed by atoms with Crippen LogP contribution in [0.5, 0.6) is 17.4 Å². The summed E-state index contributed by atoms with van der Waals surface area (Å²) < 4.78 is 33.1. The van der Waals surface area contributed by atoms with Gasteiger partial charge in [0, 0.05) is 11.5 Å². The maximum Gasteiger partial charge on any atom is 0.238 e. The lowest BCUT2D eigenvalue weighted by molar-refractivity contribution is 0.174. The Bertz CT molecular complexity index is 1100. The molecule has 9 nitrogen and oxygen atoms in total. The number of H-pyrrole nitrogens is 1. The summed E-state index contributed by atoms with van der Waals surface area (Å²) in [6.45, 7) is 0.140. The maximum atomic E-state index is 11.2. The first-order valence-electron chi connectivity index (χ1n) is 7.11. The van der Waals surface area contributed by atoms with E-state index in [1.54, 1.807) is 12.1 Å². The third-order valence-corrected chi connectivity index (χ3v) is 4.61. The molecule has 2 heterocycles. The summed E-state index contributed by atoms with van der Waals surface area (Å²) in [5.41, 5.74) is 1.27. The number of hydrogen-bond acceptors (Lipinski definition) is 7. The second-order valence-electron chi connectivity index (χ2n) is 5.31. The van der Waals surface area contributed by atoms with E-state index in [0.29, 0.717) is 28.1 Å². The Morgan fingerprint density at radius 3 is 2.44 bits per heavy atom. The molecule has 0 saturated carbocycles. The Labute approximate surface area is 141 Å². The molecule has 1 aliphatic heterocycles. The first-order valence-corrected chi connectivity index (χ1v) is 8.65. The van der Waals surface area contributed by atoms with E-state index in [1.807, 2.05) is 0 Å². The molecular weight excluding hydrogens is 348 g/mol. The number of nitrogens with two attached hydrogens (primary N) is 1. The van der Waals surface area contributed by atoms with Crippen LogP contribution in [0.3, 0.4) is 0 Å². The lowest BCUT2D eigenvalue weighted by Gasteiger charge is -1.98. The van der Waals surface area contributed by atoms with Crippen LogP contribution in [0, 0.1) is 0 Å². The predicted octanol–water partition coefficient (Wildman–Crippen LogP) is 2.67. The number of nitrogens with zero attached hydrogens (tertiary/aromatic N) is 2. The van der Waals surface area contributed by atoms with Crippen molar-refractivity contribution in [3.05, 3.63) is 36.4 Å². The van der Waals surface area contributed by atoms with Crippen LogP contribution in [0.15, 0.2) is 51.5 Å². The fourth-order valence-electron chi connectivity index (χ4n) is 2.47. The van der Waals surface area contributed by atoms with Crippen molar-refractivity contribution in [2.24, 2.45) is 15.4 Å². The molecule has 1 aromatic heterocycles. The van der Waals surface area contributed by atoms with Crippen LogP contribution in [0.25, 0.3) is 10.9 Å². The molecule has 0 amide bonds. The van der Waals surface area contributed by atoms with Crippen LogP contribution < -0.4 is 14.6 Å². The Balaban J connectivity index is 1.70. The molecule has 0 saturated heterocycles. The van der Waals surface area contributed by atoms with E-state index >= 15 is 0 Å². The van der Waals surface area contributed by atoms with E-state index in [2.05, 4.69) is 15.2 Å². The van der Waals surface area contributed by atoms with E-state index in [9.17, 15) is 13.5 Å². The molecule has 0 radical (unpaired) electrons. The van der Waals surface area contributed by atoms with E-state index in [1.165, 1.54) is 24.3 Å². The molecule has 0 aliphatic carbocycles. The molecule has 0 bridgehead atoms. The van der Waals surface area contributed by atoms with Gasteiger partial charge in [-0.1, -0.05) is 0 Å². The number of hydrogen-bond donors (Lipinski definition) is 3. The van der Waals surface area contributed by atoms with Gasteiger partial charge in [-0.15, -0.1) is 5.11 Å². The summed E-state index contributed by atoms with van der Waals surface area (Å²) in [5, 5.41) is 23.8. The first kappa shape index (κ1) is 15.4. The number of sulfonamides is 1. The molecule has 4 rings (SSSR count). The highest BCUT2D eigenvalue weighted by atomic mass is 32.2. The summed E-state index contributed by atoms with van der Waals surface area (Å²) in [6, 6.07) is 8.99. The maximum absolute atomic E-state index is 11.2. The smallest absolute Gasteiger partial charge is 0.238 e. The summed E-state index contributed by atoms with van der Waals surface area (Å²) >= 11 is 0. The van der Waals surface area contributed by atoms with Crippen molar-refractivity contribution in [2.75, 3.05) is 6.79 Å². The number of fused-ring (bicyclic) bond motifs is 2. The molecule has 1 aliphatic rings. The van der Waals surface area contributed by atoms with Crippen LogP contribution in [-0.4, -0.2) is 25.3 Å². The Hall–Kier alpha value is -3.11. The number of aromatic hydroxyl groups is 1. The average molecular weight is 360 g/mol. The molecule has 2 aromatic carbocycles. The summed E-state index contributed by atoms with van der Waals surface area (Å²) in [4.78, 5) is 2.77. The molecule has 0 atom stereocenters. The average Bonchev–Trinajstić information content (AvgIpc) is 3.13. The number of azo groups is 1. The quantitative estimate of drug-likeness (QED) is 0.616. The zero-order valence-corrected chi connectivity index (χ0v) is 13.4. The topological polar surface area (TPSA) is 139 Å². The van der Waals surface area contributed by atoms with Gasteiger partial charge < -0.3 is 19.6 Å². The van der Waals surface area contributed by atoms with Gasteiger partial charge in [0.2, 0.25) is 22.7 Å². The lowest BCUT2D eigenvalue weighted by Crippen LogP contribution is -2.11. The highest BCUT2D eigenvalue weighted by Crippen LogP contribution is 2.43. The number of aromatic nitrogens is 1. The largest absolute Gasteiger partial charge is 0.493 e. The van der Waals surface area contributed by atoms with Gasteiger partial charge in [0.1, 0.15) is 0 Å². The van der Waals surface area contributed by atoms with Crippen LogP contribution in [0.2, 0.25) is 0 Å². The van der Waals surface area contributed by atoms with Crippen molar-refractivity contribution in [1.29, 1.82) is 0 Å². The molecule has 25 heavy (non-hydrogen) atoms. The zero-order valence-electron chi connectivity index (χ0n) is 12.6. The molecule has 128 valence electrons. The van der Waals surface area contributed by atoms with Gasteiger partial charge in [-0.25, -0.2) is 13.6 Å². The number of ether oxygens (including phenoxy) is 2. The highest BCUT2D eigenvalue weighted by molar-refractivity contribution is 7.89. The SMILES string of the molecule is NS(=O)(=O)c1ccc(N=Nc2c(O)[nH]c3cc4c(cc23)OCO4)cc1. The van der Waals surface area contributed by atoms with Gasteiger partial charge in [-0.3, -0.25) is 0 Å². The first-order chi connectivity index (χ1) is 11.9. The summed E-state index contributed by atoms with van der Waals surface area (Å²) in [7, 11) is -3.76. The fraction of sp³-hybridized carbons (Fsp3) is 0.0667. The van der Waals surface area contributed by atoms with Crippen LogP contribution >= 0.6 is 0 Å².